The number of nitrogens with one attached hydrogen (secondary N) is 1. The van der Waals surface area contributed by atoms with Crippen LogP contribution in [0.25, 0.3) is 11.5 Å². The molecule has 0 aliphatic rings. The highest BCUT2D eigenvalue weighted by molar-refractivity contribution is 7.17. The molecule has 0 spiro atoms. The first-order valence-electron chi connectivity index (χ1n) is 10.4. The molecule has 4 rings (SSSR count). The Morgan fingerprint density at radius 1 is 0.848 bits per heavy atom. The number of rotatable bonds is 3. The quantitative estimate of drug-likeness (QED) is 0.334. The van der Waals surface area contributed by atoms with Crippen LogP contribution in [0.3, 0.4) is 0 Å². The van der Waals surface area contributed by atoms with Gasteiger partial charge >= 0.3 is 6.18 Å². The number of H-pyrrole nitrogens is 1. The first-order chi connectivity index (χ1) is 15.6. The van der Waals surface area contributed by atoms with Crippen molar-refractivity contribution in [2.75, 3.05) is 0 Å². The zero-order valence-electron chi connectivity index (χ0n) is 18.6. The predicted octanol–water partition coefficient (Wildman–Crippen LogP) is 6.83. The molecule has 172 valence electrons. The molecule has 2 heterocycles. The number of alkyl halides is 3. The van der Waals surface area contributed by atoms with Crippen LogP contribution >= 0.6 is 9.24 Å². The maximum atomic E-state index is 12.4. The van der Waals surface area contributed by atoms with Crippen LogP contribution in [0.4, 0.5) is 13.2 Å². The van der Waals surface area contributed by atoms with E-state index < -0.39 is 12.0 Å². The van der Waals surface area contributed by atoms with Crippen molar-refractivity contribution in [3.63, 3.8) is 0 Å². The minimum absolute atomic E-state index is 0.0570. The first kappa shape index (κ1) is 24.6. The maximum absolute atomic E-state index is 12.4. The normalized spacial score (nSPS) is 11.8. The number of benzene rings is 2. The van der Waals surface area contributed by atoms with Gasteiger partial charge in [-0.25, -0.2) is 4.98 Å². The van der Waals surface area contributed by atoms with Crippen LogP contribution in [0.2, 0.25) is 0 Å². The summed E-state index contributed by atoms with van der Waals surface area (Å²) in [5.74, 6) is -1.18. The third-order valence-electron chi connectivity index (χ3n) is 4.93. The van der Waals surface area contributed by atoms with E-state index in [1.54, 1.807) is 12.3 Å². The summed E-state index contributed by atoms with van der Waals surface area (Å²) in [7, 11) is 2.89. The Morgan fingerprint density at radius 2 is 1.39 bits per heavy atom. The number of aromatic amines is 1. The molecule has 1 unspecified atom stereocenters. The van der Waals surface area contributed by atoms with Crippen LogP contribution in [0.1, 0.15) is 48.9 Å². The summed E-state index contributed by atoms with van der Waals surface area (Å²) in [6, 6.07) is 24.6. The van der Waals surface area contributed by atoms with Crippen LogP contribution in [-0.2, 0) is 11.6 Å². The first-order valence-corrected chi connectivity index (χ1v) is 11.0. The van der Waals surface area contributed by atoms with Gasteiger partial charge < -0.3 is 0 Å². The van der Waals surface area contributed by atoms with E-state index in [2.05, 4.69) is 72.8 Å². The highest BCUT2D eigenvalue weighted by Gasteiger charge is 2.35. The fourth-order valence-electron chi connectivity index (χ4n) is 3.04. The van der Waals surface area contributed by atoms with Crippen molar-refractivity contribution < 1.29 is 13.2 Å². The zero-order chi connectivity index (χ0) is 24.1. The second kappa shape index (κ2) is 10.3. The van der Waals surface area contributed by atoms with E-state index in [0.29, 0.717) is 11.4 Å². The van der Waals surface area contributed by atoms with Gasteiger partial charge in [0.05, 0.1) is 0 Å². The van der Waals surface area contributed by atoms with E-state index in [1.165, 1.54) is 11.1 Å². The molecule has 0 fully saturated rings. The summed E-state index contributed by atoms with van der Waals surface area (Å²) in [5.41, 5.74) is 4.22. The summed E-state index contributed by atoms with van der Waals surface area (Å²) in [4.78, 5) is 7.43. The maximum Gasteiger partial charge on any atom is 0.451 e. The van der Waals surface area contributed by atoms with Crippen LogP contribution in [-0.4, -0.2) is 20.2 Å². The van der Waals surface area contributed by atoms with E-state index in [-0.39, 0.29) is 11.2 Å². The highest BCUT2D eigenvalue weighted by Crippen LogP contribution is 2.30. The Kier molecular flexibility index (Phi) is 7.65. The second-order valence-corrected chi connectivity index (χ2v) is 9.15. The van der Waals surface area contributed by atoms with Gasteiger partial charge in [-0.1, -0.05) is 81.4 Å². The van der Waals surface area contributed by atoms with Gasteiger partial charge in [-0.3, -0.25) is 10.1 Å². The Hall–Kier alpha value is -3.05. The fraction of sp³-hybridized carbons (Fsp3) is 0.240. The average molecular weight is 470 g/mol. The molecule has 0 amide bonds. The van der Waals surface area contributed by atoms with Crippen LogP contribution in [0, 0.1) is 0 Å². The molecule has 1 N–H and O–H groups in total. The van der Waals surface area contributed by atoms with Crippen LogP contribution in [0.5, 0.6) is 0 Å². The zero-order valence-corrected chi connectivity index (χ0v) is 19.8. The number of pyridine rings is 1. The SMILES string of the molecule is CC(C)(C)c1ccnc(-c2n[nH]c(C(F)(F)F)n2)c1.PC(c1ccccc1)c1ccccc1. The van der Waals surface area contributed by atoms with Gasteiger partial charge in [-0.05, 0) is 34.2 Å². The molecular weight excluding hydrogens is 444 g/mol. The molecule has 8 heteroatoms. The standard InChI is InChI=1S/C13H13P.C12H13F3N4/c14-13(11-7-3-1-4-8-11)12-9-5-2-6-10-12;1-11(2,3)7-4-5-16-8(6-7)9-17-10(19-18-9)12(13,14)15/h1-10,13H,14H2;4-6H,1-3H3,(H,17,18,19). The van der Waals surface area contributed by atoms with Gasteiger partial charge in [0.15, 0.2) is 5.82 Å². The summed E-state index contributed by atoms with van der Waals surface area (Å²) >= 11 is 0. The van der Waals surface area contributed by atoms with Gasteiger partial charge in [0, 0.05) is 11.9 Å². The van der Waals surface area contributed by atoms with Crippen LogP contribution in [0.15, 0.2) is 79.0 Å². The molecule has 33 heavy (non-hydrogen) atoms. The molecule has 4 aromatic rings. The van der Waals surface area contributed by atoms with Crippen molar-refractivity contribution in [2.24, 2.45) is 0 Å². The largest absolute Gasteiger partial charge is 0.451 e. The topological polar surface area (TPSA) is 54.5 Å². The van der Waals surface area contributed by atoms with E-state index in [0.717, 1.165) is 5.56 Å². The smallest absolute Gasteiger partial charge is 0.255 e. The van der Waals surface area contributed by atoms with Crippen molar-refractivity contribution in [3.8, 4) is 11.5 Å². The van der Waals surface area contributed by atoms with Gasteiger partial charge in [-0.2, -0.15) is 18.3 Å². The minimum atomic E-state index is -4.53. The van der Waals surface area contributed by atoms with Gasteiger partial charge in [-0.15, -0.1) is 9.24 Å². The fourth-order valence-corrected chi connectivity index (χ4v) is 3.48. The van der Waals surface area contributed by atoms with Crippen molar-refractivity contribution in [1.29, 1.82) is 0 Å². The molecule has 0 bridgehead atoms. The highest BCUT2D eigenvalue weighted by atomic mass is 31.0. The average Bonchev–Trinajstić information content (AvgIpc) is 3.31. The lowest BCUT2D eigenvalue weighted by Crippen LogP contribution is -2.11. The van der Waals surface area contributed by atoms with Crippen molar-refractivity contribution in [3.05, 3.63) is 102 Å². The van der Waals surface area contributed by atoms with Crippen molar-refractivity contribution in [2.45, 2.75) is 38.0 Å². The number of aromatic nitrogens is 4. The van der Waals surface area contributed by atoms with Gasteiger partial charge in [0.2, 0.25) is 5.82 Å². The molecule has 4 nitrogen and oxygen atoms in total. The molecule has 0 saturated heterocycles. The lowest BCUT2D eigenvalue weighted by Gasteiger charge is -2.18. The Balaban J connectivity index is 0.000000194. The Morgan fingerprint density at radius 3 is 1.85 bits per heavy atom. The second-order valence-electron chi connectivity index (χ2n) is 8.48. The minimum Gasteiger partial charge on any atom is -0.255 e. The summed E-state index contributed by atoms with van der Waals surface area (Å²) in [5, 5.41) is 5.43. The third kappa shape index (κ3) is 6.72. The number of halogens is 3. The number of nitrogens with zero attached hydrogens (tertiary/aromatic N) is 3. The predicted molar refractivity (Wildman–Crippen MR) is 128 cm³/mol. The molecule has 0 aliphatic carbocycles. The molecule has 2 aromatic heterocycles. The molecule has 0 aliphatic heterocycles. The molecular formula is C25H26F3N4P. The van der Waals surface area contributed by atoms with E-state index in [9.17, 15) is 13.2 Å². The summed E-state index contributed by atoms with van der Waals surface area (Å²) in [6.07, 6.45) is -2.99. The van der Waals surface area contributed by atoms with Crippen molar-refractivity contribution in [1.82, 2.24) is 20.2 Å². The Labute approximate surface area is 193 Å². The van der Waals surface area contributed by atoms with E-state index >= 15 is 0 Å². The molecule has 2 aromatic carbocycles. The lowest BCUT2D eigenvalue weighted by molar-refractivity contribution is -0.144. The molecule has 1 atom stereocenters. The lowest BCUT2D eigenvalue weighted by atomic mass is 9.87. The monoisotopic (exact) mass is 470 g/mol. The van der Waals surface area contributed by atoms with Gasteiger partial charge in [0.1, 0.15) is 5.69 Å². The third-order valence-corrected chi connectivity index (χ3v) is 5.70. The number of hydrogen-bond donors (Lipinski definition) is 1. The van der Waals surface area contributed by atoms with Gasteiger partial charge in [0.25, 0.3) is 0 Å². The molecule has 0 radical (unpaired) electrons. The summed E-state index contributed by atoms with van der Waals surface area (Å²) < 4.78 is 37.3. The van der Waals surface area contributed by atoms with Crippen LogP contribution < -0.4 is 0 Å². The Bertz CT molecular complexity index is 1110. The van der Waals surface area contributed by atoms with Crippen molar-refractivity contribution >= 4 is 9.24 Å². The molecule has 0 saturated carbocycles. The van der Waals surface area contributed by atoms with E-state index in [4.69, 9.17) is 0 Å². The number of hydrogen-bond acceptors (Lipinski definition) is 3. The summed E-state index contributed by atoms with van der Waals surface area (Å²) in [6.45, 7) is 6.02. The van der Waals surface area contributed by atoms with E-state index in [1.807, 2.05) is 44.1 Å².